The summed E-state index contributed by atoms with van der Waals surface area (Å²) in [5, 5.41) is 10.3. The molecule has 0 spiro atoms. The summed E-state index contributed by atoms with van der Waals surface area (Å²) in [5.41, 5.74) is 6.12. The Labute approximate surface area is 100 Å². The fourth-order valence-electron chi connectivity index (χ4n) is 1.53. The molecule has 16 heavy (non-hydrogen) atoms. The van der Waals surface area contributed by atoms with Gasteiger partial charge in [-0.1, -0.05) is 11.6 Å². The van der Waals surface area contributed by atoms with Crippen LogP contribution in [0.4, 0.5) is 0 Å². The standard InChI is InChI=1S/C12H16ClNO2/c13-9-3-4-12(16-7-8-1-2-8)10(5-9)11(15)6-14/h3-5,8,11,15H,1-2,6-7,14H2. The van der Waals surface area contributed by atoms with Gasteiger partial charge in [0.2, 0.25) is 0 Å². The first-order chi connectivity index (χ1) is 7.70. The fraction of sp³-hybridized carbons (Fsp3) is 0.500. The molecule has 0 bridgehead atoms. The van der Waals surface area contributed by atoms with Gasteiger partial charge in [0.1, 0.15) is 5.75 Å². The molecule has 0 saturated heterocycles. The number of rotatable bonds is 5. The summed E-state index contributed by atoms with van der Waals surface area (Å²) in [4.78, 5) is 0. The van der Waals surface area contributed by atoms with Crippen LogP contribution in [0.2, 0.25) is 5.02 Å². The normalized spacial score (nSPS) is 17.2. The van der Waals surface area contributed by atoms with E-state index in [9.17, 15) is 5.11 Å². The predicted molar refractivity (Wildman–Crippen MR) is 63.7 cm³/mol. The molecule has 1 aromatic carbocycles. The van der Waals surface area contributed by atoms with Crippen molar-refractivity contribution in [2.24, 2.45) is 11.7 Å². The molecular weight excluding hydrogens is 226 g/mol. The van der Waals surface area contributed by atoms with Crippen molar-refractivity contribution in [1.29, 1.82) is 0 Å². The first-order valence-electron chi connectivity index (χ1n) is 5.51. The van der Waals surface area contributed by atoms with Gasteiger partial charge in [-0.15, -0.1) is 0 Å². The molecule has 4 heteroatoms. The largest absolute Gasteiger partial charge is 0.493 e. The summed E-state index contributed by atoms with van der Waals surface area (Å²) in [6, 6.07) is 5.26. The quantitative estimate of drug-likeness (QED) is 0.830. The lowest BCUT2D eigenvalue weighted by Gasteiger charge is -2.15. The van der Waals surface area contributed by atoms with Crippen LogP contribution >= 0.6 is 11.6 Å². The Hall–Kier alpha value is -0.770. The van der Waals surface area contributed by atoms with Crippen molar-refractivity contribution in [3.63, 3.8) is 0 Å². The van der Waals surface area contributed by atoms with Crippen molar-refractivity contribution >= 4 is 11.6 Å². The van der Waals surface area contributed by atoms with E-state index in [2.05, 4.69) is 0 Å². The van der Waals surface area contributed by atoms with E-state index in [-0.39, 0.29) is 6.54 Å². The summed E-state index contributed by atoms with van der Waals surface area (Å²) in [6.07, 6.45) is 1.76. The van der Waals surface area contributed by atoms with E-state index < -0.39 is 6.10 Å². The van der Waals surface area contributed by atoms with Crippen molar-refractivity contribution in [2.75, 3.05) is 13.2 Å². The molecular formula is C12H16ClNO2. The number of halogens is 1. The Bertz CT molecular complexity index is 366. The summed E-state index contributed by atoms with van der Waals surface area (Å²) in [5.74, 6) is 1.37. The minimum Gasteiger partial charge on any atom is -0.493 e. The number of benzene rings is 1. The van der Waals surface area contributed by atoms with Gasteiger partial charge in [-0.2, -0.15) is 0 Å². The van der Waals surface area contributed by atoms with E-state index in [4.69, 9.17) is 22.1 Å². The number of aliphatic hydroxyl groups excluding tert-OH is 1. The zero-order chi connectivity index (χ0) is 11.5. The van der Waals surface area contributed by atoms with Gasteiger partial charge in [0.05, 0.1) is 12.7 Å². The molecule has 0 radical (unpaired) electrons. The van der Waals surface area contributed by atoms with Gasteiger partial charge in [0, 0.05) is 17.1 Å². The Morgan fingerprint density at radius 2 is 2.25 bits per heavy atom. The fourth-order valence-corrected chi connectivity index (χ4v) is 1.71. The highest BCUT2D eigenvalue weighted by atomic mass is 35.5. The molecule has 3 nitrogen and oxygen atoms in total. The second-order valence-electron chi connectivity index (χ2n) is 4.19. The highest BCUT2D eigenvalue weighted by molar-refractivity contribution is 6.30. The van der Waals surface area contributed by atoms with E-state index in [1.165, 1.54) is 12.8 Å². The number of ether oxygens (including phenoxy) is 1. The molecule has 0 heterocycles. The van der Waals surface area contributed by atoms with Gasteiger partial charge in [0.15, 0.2) is 0 Å². The van der Waals surface area contributed by atoms with Crippen LogP contribution in [-0.4, -0.2) is 18.3 Å². The maximum Gasteiger partial charge on any atom is 0.125 e. The van der Waals surface area contributed by atoms with Crippen molar-refractivity contribution in [3.8, 4) is 5.75 Å². The second-order valence-corrected chi connectivity index (χ2v) is 4.62. The summed E-state index contributed by atoms with van der Waals surface area (Å²) in [6.45, 7) is 0.881. The Kier molecular flexibility index (Phi) is 3.69. The first kappa shape index (κ1) is 11.7. The van der Waals surface area contributed by atoms with E-state index in [0.717, 1.165) is 0 Å². The summed E-state index contributed by atoms with van der Waals surface area (Å²) in [7, 11) is 0. The molecule has 2 rings (SSSR count). The van der Waals surface area contributed by atoms with E-state index >= 15 is 0 Å². The van der Waals surface area contributed by atoms with Crippen molar-refractivity contribution in [1.82, 2.24) is 0 Å². The Morgan fingerprint density at radius 3 is 2.88 bits per heavy atom. The lowest BCUT2D eigenvalue weighted by Crippen LogP contribution is -2.13. The molecule has 1 unspecified atom stereocenters. The molecule has 1 saturated carbocycles. The topological polar surface area (TPSA) is 55.5 Å². The van der Waals surface area contributed by atoms with Crippen LogP contribution in [0.3, 0.4) is 0 Å². The van der Waals surface area contributed by atoms with Crippen LogP contribution in [0.15, 0.2) is 18.2 Å². The lowest BCUT2D eigenvalue weighted by molar-refractivity contribution is 0.178. The average molecular weight is 242 g/mol. The second kappa shape index (κ2) is 5.04. The maximum absolute atomic E-state index is 9.75. The molecule has 1 atom stereocenters. The molecule has 88 valence electrons. The van der Waals surface area contributed by atoms with Crippen LogP contribution in [0.1, 0.15) is 24.5 Å². The van der Waals surface area contributed by atoms with E-state index in [1.807, 2.05) is 0 Å². The zero-order valence-corrected chi connectivity index (χ0v) is 9.78. The lowest BCUT2D eigenvalue weighted by atomic mass is 10.1. The first-order valence-corrected chi connectivity index (χ1v) is 5.89. The summed E-state index contributed by atoms with van der Waals surface area (Å²) >= 11 is 5.89. The Morgan fingerprint density at radius 1 is 1.50 bits per heavy atom. The third-order valence-electron chi connectivity index (χ3n) is 2.73. The molecule has 1 fully saturated rings. The molecule has 0 amide bonds. The van der Waals surface area contributed by atoms with Gasteiger partial charge >= 0.3 is 0 Å². The minimum atomic E-state index is -0.715. The van der Waals surface area contributed by atoms with E-state index in [0.29, 0.717) is 28.9 Å². The van der Waals surface area contributed by atoms with Crippen molar-refractivity contribution < 1.29 is 9.84 Å². The maximum atomic E-state index is 9.75. The minimum absolute atomic E-state index is 0.167. The highest BCUT2D eigenvalue weighted by Crippen LogP contribution is 2.32. The van der Waals surface area contributed by atoms with Gasteiger partial charge < -0.3 is 15.6 Å². The number of aliphatic hydroxyl groups is 1. The van der Waals surface area contributed by atoms with Crippen LogP contribution in [0, 0.1) is 5.92 Å². The van der Waals surface area contributed by atoms with Gasteiger partial charge in [-0.05, 0) is 37.0 Å². The third-order valence-corrected chi connectivity index (χ3v) is 2.96. The third kappa shape index (κ3) is 2.88. The van der Waals surface area contributed by atoms with Gasteiger partial charge in [-0.25, -0.2) is 0 Å². The predicted octanol–water partition coefficient (Wildman–Crippen LogP) is 2.12. The number of nitrogens with two attached hydrogens (primary N) is 1. The van der Waals surface area contributed by atoms with Crippen LogP contribution in [0.25, 0.3) is 0 Å². The van der Waals surface area contributed by atoms with Crippen molar-refractivity contribution in [2.45, 2.75) is 18.9 Å². The highest BCUT2D eigenvalue weighted by Gasteiger charge is 2.23. The smallest absolute Gasteiger partial charge is 0.125 e. The SMILES string of the molecule is NCC(O)c1cc(Cl)ccc1OCC1CC1. The molecule has 1 aromatic rings. The van der Waals surface area contributed by atoms with Crippen molar-refractivity contribution in [3.05, 3.63) is 28.8 Å². The monoisotopic (exact) mass is 241 g/mol. The van der Waals surface area contributed by atoms with Crippen LogP contribution in [-0.2, 0) is 0 Å². The number of hydrogen-bond acceptors (Lipinski definition) is 3. The molecule has 3 N–H and O–H groups in total. The molecule has 0 aliphatic heterocycles. The zero-order valence-electron chi connectivity index (χ0n) is 9.03. The van der Waals surface area contributed by atoms with E-state index in [1.54, 1.807) is 18.2 Å². The number of hydrogen-bond donors (Lipinski definition) is 2. The Balaban J connectivity index is 2.13. The summed E-state index contributed by atoms with van der Waals surface area (Å²) < 4.78 is 5.66. The molecule has 1 aliphatic rings. The van der Waals surface area contributed by atoms with Crippen LogP contribution < -0.4 is 10.5 Å². The van der Waals surface area contributed by atoms with Crippen LogP contribution in [0.5, 0.6) is 5.75 Å². The van der Waals surface area contributed by atoms with Gasteiger partial charge in [-0.3, -0.25) is 0 Å². The average Bonchev–Trinajstić information content (AvgIpc) is 3.10. The molecule has 1 aliphatic carbocycles. The van der Waals surface area contributed by atoms with Gasteiger partial charge in [0.25, 0.3) is 0 Å². The molecule has 0 aromatic heterocycles.